The smallest absolute Gasteiger partial charge is 0.566 e. The predicted octanol–water partition coefficient (Wildman–Crippen LogP) is -0.817. The van der Waals surface area contributed by atoms with Crippen LogP contribution in [0.1, 0.15) is 41.5 Å². The summed E-state index contributed by atoms with van der Waals surface area (Å²) in [4.78, 5) is 21.2. The summed E-state index contributed by atoms with van der Waals surface area (Å²) < 4.78 is 19.0. The zero-order valence-corrected chi connectivity index (χ0v) is 18.1. The van der Waals surface area contributed by atoms with Crippen LogP contribution in [0, 0.1) is 0 Å². The molecule has 11 heteroatoms. The van der Waals surface area contributed by atoms with E-state index in [1.165, 1.54) is 0 Å². The fraction of sp³-hybridized carbons (Fsp3) is 0.625. The van der Waals surface area contributed by atoms with Gasteiger partial charge in [0.25, 0.3) is 0 Å². The molecule has 0 saturated heterocycles. The van der Waals surface area contributed by atoms with E-state index < -0.39 is 23.5 Å². The molecule has 2 rings (SSSR count). The molecule has 152 valence electrons. The fourth-order valence-corrected chi connectivity index (χ4v) is 1.39. The number of carbonyl (C=O) groups is 2. The van der Waals surface area contributed by atoms with Gasteiger partial charge in [-0.25, -0.2) is 9.59 Å². The monoisotopic (exact) mass is 432 g/mol. The van der Waals surface area contributed by atoms with Crippen molar-refractivity contribution in [1.29, 1.82) is 0 Å². The first kappa shape index (κ1) is 30.0. The molecule has 8 N–H and O–H groups in total. The van der Waals surface area contributed by atoms with Gasteiger partial charge in [0.2, 0.25) is 0 Å². The molecular weight excluding hydrogens is 400 g/mol. The van der Waals surface area contributed by atoms with Gasteiger partial charge in [0.15, 0.2) is 12.2 Å². The molecule has 0 unspecified atom stereocenters. The van der Waals surface area contributed by atoms with Crippen molar-refractivity contribution in [2.45, 2.75) is 53.1 Å². The maximum absolute atomic E-state index is 10.6. The van der Waals surface area contributed by atoms with Crippen molar-refractivity contribution in [3.05, 3.63) is 24.0 Å². The van der Waals surface area contributed by atoms with Crippen molar-refractivity contribution in [2.24, 2.45) is 0 Å². The van der Waals surface area contributed by atoms with E-state index in [1.54, 1.807) is 41.5 Å². The van der Waals surface area contributed by atoms with Crippen LogP contribution in [0.5, 0.6) is 0 Å². The molecule has 0 amide bonds. The van der Waals surface area contributed by atoms with Crippen molar-refractivity contribution in [3.63, 3.8) is 0 Å². The Hall–Kier alpha value is -1.75. The van der Waals surface area contributed by atoms with Crippen LogP contribution in [0.2, 0.25) is 0 Å². The summed E-state index contributed by atoms with van der Waals surface area (Å²) in [7, 11) is 0. The molecular formula is C16H32O10Ti+8. The number of esters is 2. The summed E-state index contributed by atoms with van der Waals surface area (Å²) in [5.74, 6) is -3.32. The van der Waals surface area contributed by atoms with Crippen molar-refractivity contribution >= 4 is 11.9 Å². The zero-order chi connectivity index (χ0) is 21.0. The van der Waals surface area contributed by atoms with Crippen LogP contribution in [0.4, 0.5) is 0 Å². The van der Waals surface area contributed by atoms with Gasteiger partial charge < -0.3 is 29.9 Å². The Balaban J connectivity index is -0.000000322. The van der Waals surface area contributed by atoms with Gasteiger partial charge in [0, 0.05) is 41.5 Å². The predicted molar refractivity (Wildman–Crippen MR) is 94.2 cm³/mol. The third-order valence-electron chi connectivity index (χ3n) is 1.90. The van der Waals surface area contributed by atoms with Crippen LogP contribution in [-0.4, -0.2) is 57.2 Å². The van der Waals surface area contributed by atoms with Crippen molar-refractivity contribution in [3.8, 4) is 0 Å². The quantitative estimate of drug-likeness (QED) is 0.276. The second-order valence-corrected chi connectivity index (χ2v) is 5.57. The number of rotatable bonds is 0. The number of ether oxygens (including phenoxy) is 4. The Bertz CT molecular complexity index is 465. The molecule has 0 spiro atoms. The van der Waals surface area contributed by atoms with Crippen molar-refractivity contribution in [1.82, 2.24) is 0 Å². The van der Waals surface area contributed by atoms with E-state index in [0.29, 0.717) is 13.2 Å². The van der Waals surface area contributed by atoms with Gasteiger partial charge in [-0.05, 0) is 0 Å². The van der Waals surface area contributed by atoms with Crippen LogP contribution in [-0.2, 0) is 50.3 Å². The Morgan fingerprint density at radius 2 is 0.963 bits per heavy atom. The van der Waals surface area contributed by atoms with Gasteiger partial charge in [-0.2, -0.15) is 0 Å². The van der Waals surface area contributed by atoms with E-state index in [4.69, 9.17) is 29.9 Å². The van der Waals surface area contributed by atoms with Crippen LogP contribution in [0.3, 0.4) is 0 Å². The molecule has 27 heavy (non-hydrogen) atoms. The molecule has 2 heterocycles. The molecule has 10 nitrogen and oxygen atoms in total. The van der Waals surface area contributed by atoms with Gasteiger partial charge in [-0.15, -0.1) is 0 Å². The molecule has 2 aliphatic heterocycles. The minimum atomic E-state index is -0.983. The number of carbonyl (C=O) groups excluding carboxylic acids is 2. The summed E-state index contributed by atoms with van der Waals surface area (Å²) in [5, 5.41) is 26.4. The maximum atomic E-state index is 10.6. The largest absolute Gasteiger partial charge is 4.00 e. The van der Waals surface area contributed by atoms with Crippen LogP contribution in [0.25, 0.3) is 0 Å². The average molecular weight is 432 g/mol. The molecule has 2 aliphatic rings. The van der Waals surface area contributed by atoms with E-state index in [0.717, 1.165) is 12.2 Å². The summed E-state index contributed by atoms with van der Waals surface area (Å²) in [6.07, 6.45) is 1.98. The Morgan fingerprint density at radius 1 is 0.741 bits per heavy atom. The number of cyclic esters (lactones) is 2. The topological polar surface area (TPSA) is 163 Å². The molecule has 0 radical (unpaired) electrons. The third kappa shape index (κ3) is 17.4. The van der Waals surface area contributed by atoms with Gasteiger partial charge in [0.1, 0.15) is 13.2 Å². The summed E-state index contributed by atoms with van der Waals surface area (Å²) in [5.41, 5.74) is 0. The van der Waals surface area contributed by atoms with Crippen molar-refractivity contribution < 1.29 is 70.7 Å². The first-order valence-electron chi connectivity index (χ1n) is 7.82. The van der Waals surface area contributed by atoms with Gasteiger partial charge in [-0.3, -0.25) is 9.47 Å². The normalized spacial score (nSPS) is 18.1. The number of hydrogen-bond acceptors (Lipinski definition) is 6. The standard InChI is InChI=1S/2C6H8O4.2C2H6O.Ti/c2*1-6(2)9-4(7)3-5(8)10-6;2*1-2-3;/h2*3,7H,1-2H3;2*3H,2H2,1H3;/q;;;;+4/p+4. The Labute approximate surface area is 173 Å². The fourth-order valence-electron chi connectivity index (χ4n) is 1.39. The van der Waals surface area contributed by atoms with Gasteiger partial charge >= 0.3 is 57.1 Å². The summed E-state index contributed by atoms with van der Waals surface area (Å²) in [6.45, 7) is 10.9. The molecule has 0 bridgehead atoms. The molecule has 0 fully saturated rings. The zero-order valence-electron chi connectivity index (χ0n) is 16.5. The molecule has 0 aliphatic carbocycles. The average Bonchev–Trinajstić information content (AvgIpc) is 2.34. The minimum absolute atomic E-state index is 0. The van der Waals surface area contributed by atoms with E-state index in [2.05, 4.69) is 9.47 Å². The Morgan fingerprint density at radius 3 is 1.11 bits per heavy atom. The molecule has 0 aromatic heterocycles. The third-order valence-corrected chi connectivity index (χ3v) is 1.90. The Kier molecular flexibility index (Phi) is 15.9. The molecule has 0 atom stereocenters. The second-order valence-electron chi connectivity index (χ2n) is 5.57. The summed E-state index contributed by atoms with van der Waals surface area (Å²) >= 11 is 0. The molecule has 0 aromatic rings. The number of hydrogen-bond donors (Lipinski definition) is 0. The van der Waals surface area contributed by atoms with E-state index in [1.807, 2.05) is 0 Å². The van der Waals surface area contributed by atoms with Crippen LogP contribution >= 0.6 is 0 Å². The first-order valence-corrected chi connectivity index (χ1v) is 7.82. The van der Waals surface area contributed by atoms with Gasteiger partial charge in [-0.1, -0.05) is 0 Å². The molecule has 0 aromatic carbocycles. The van der Waals surface area contributed by atoms with E-state index in [9.17, 15) is 9.59 Å². The van der Waals surface area contributed by atoms with Crippen LogP contribution in [0.15, 0.2) is 24.0 Å². The van der Waals surface area contributed by atoms with Crippen molar-refractivity contribution in [2.75, 3.05) is 13.2 Å². The van der Waals surface area contributed by atoms with E-state index in [-0.39, 0.29) is 33.6 Å². The van der Waals surface area contributed by atoms with Crippen LogP contribution < -0.4 is 0 Å². The second kappa shape index (κ2) is 14.3. The minimum Gasteiger partial charge on any atom is -0.566 e. The van der Waals surface area contributed by atoms with Gasteiger partial charge in [0.05, 0.1) is 0 Å². The summed E-state index contributed by atoms with van der Waals surface area (Å²) in [6, 6.07) is 0. The first-order chi connectivity index (χ1) is 11.8. The molecule has 0 saturated carbocycles. The SMILES string of the molecule is CC1(C)OC(=O)C=C([OH2+])O1.CC1(C)OC(=O)C=C([OH2+])O1.CC[OH2+].CC[OH2+].[Ti+4]. The maximum Gasteiger partial charge on any atom is 4.00 e. The van der Waals surface area contributed by atoms with E-state index >= 15 is 0 Å².